The molecule has 1 aromatic carbocycles. The number of hydrogen-bond acceptors (Lipinski definition) is 9. The van der Waals surface area contributed by atoms with Gasteiger partial charge in [0.05, 0.1) is 17.8 Å². The summed E-state index contributed by atoms with van der Waals surface area (Å²) in [6.07, 6.45) is 5.23. The number of fused-ring (bicyclic) bond motifs is 1. The summed E-state index contributed by atoms with van der Waals surface area (Å²) in [5.74, 6) is 0.588. The number of esters is 1. The van der Waals surface area contributed by atoms with Crippen LogP contribution in [0.5, 0.6) is 0 Å². The Labute approximate surface area is 284 Å². The number of rotatable bonds is 8. The lowest BCUT2D eigenvalue weighted by atomic mass is 10.2. The Morgan fingerprint density at radius 2 is 1.77 bits per heavy atom. The van der Waals surface area contributed by atoms with Crippen molar-refractivity contribution in [3.05, 3.63) is 64.8 Å². The van der Waals surface area contributed by atoms with Crippen LogP contribution in [0.3, 0.4) is 0 Å². The van der Waals surface area contributed by atoms with Crippen LogP contribution in [0, 0.1) is 0 Å². The van der Waals surface area contributed by atoms with Gasteiger partial charge in [0.1, 0.15) is 17.4 Å². The second kappa shape index (κ2) is 14.1. The van der Waals surface area contributed by atoms with Crippen molar-refractivity contribution in [2.24, 2.45) is 0 Å². The van der Waals surface area contributed by atoms with Crippen LogP contribution in [-0.2, 0) is 24.3 Å². The van der Waals surface area contributed by atoms with Crippen molar-refractivity contribution in [2.75, 3.05) is 48.5 Å². The van der Waals surface area contributed by atoms with Gasteiger partial charge in [-0.3, -0.25) is 13.7 Å². The molecule has 1 aliphatic heterocycles. The number of allylic oxidation sites excluding steroid dienone is 3. The van der Waals surface area contributed by atoms with Crippen LogP contribution in [0.4, 0.5) is 16.3 Å². The molecule has 5 rings (SSSR count). The number of ether oxygens (including phenoxy) is 2. The van der Waals surface area contributed by atoms with E-state index < -0.39 is 33.4 Å². The summed E-state index contributed by atoms with van der Waals surface area (Å²) >= 11 is 12.3. The van der Waals surface area contributed by atoms with E-state index in [0.29, 0.717) is 42.0 Å². The highest BCUT2D eigenvalue weighted by atomic mass is 35.5. The molecule has 1 unspecified atom stereocenters. The maximum Gasteiger partial charge on any atom is 0.410 e. The van der Waals surface area contributed by atoms with Crippen molar-refractivity contribution in [3.63, 3.8) is 0 Å². The zero-order valence-corrected chi connectivity index (χ0v) is 29.1. The first-order valence-electron chi connectivity index (χ1n) is 15.3. The number of aromatic nitrogens is 3. The summed E-state index contributed by atoms with van der Waals surface area (Å²) in [4.78, 5) is 28.9. The highest BCUT2D eigenvalue weighted by molar-refractivity contribution is 7.93. The van der Waals surface area contributed by atoms with Crippen molar-refractivity contribution in [1.82, 2.24) is 19.7 Å². The molecule has 15 heteroatoms. The molecule has 0 N–H and O–H groups in total. The number of halogens is 2. The second-order valence-corrected chi connectivity index (χ2v) is 15.2. The van der Waals surface area contributed by atoms with Gasteiger partial charge in [-0.05, 0) is 82.7 Å². The molecule has 1 amide bonds. The summed E-state index contributed by atoms with van der Waals surface area (Å²) in [7, 11) is -4.12. The fourth-order valence-electron chi connectivity index (χ4n) is 5.45. The maximum atomic E-state index is 13.8. The average molecular weight is 706 g/mol. The smallest absolute Gasteiger partial charge is 0.410 e. The van der Waals surface area contributed by atoms with Gasteiger partial charge in [0, 0.05) is 54.2 Å². The Hall–Kier alpha value is -3.81. The second-order valence-electron chi connectivity index (χ2n) is 12.2. The molecular weight excluding hydrogens is 667 g/mol. The zero-order chi connectivity index (χ0) is 33.9. The molecule has 3 heterocycles. The number of amides is 1. The lowest BCUT2D eigenvalue weighted by molar-refractivity contribution is -0.141. The molecule has 1 aliphatic carbocycles. The molecule has 0 saturated carbocycles. The van der Waals surface area contributed by atoms with Crippen LogP contribution in [0.25, 0.3) is 16.7 Å². The minimum Gasteiger partial charge on any atom is -0.465 e. The quantitative estimate of drug-likeness (QED) is 0.276. The van der Waals surface area contributed by atoms with Crippen LogP contribution in [0.2, 0.25) is 0 Å². The SMILES string of the molecule is CCOC(=O)CN(c1ccc2c(ccn2-c2ccc(N3CCCN(C(=O)OC(C)(C)C)CC3)nn2)c1)S(=O)(=O)C1C=C(Cl)C=C(Cl)C1. The van der Waals surface area contributed by atoms with E-state index in [4.69, 9.17) is 32.7 Å². The minimum absolute atomic E-state index is 0.0339. The Bertz CT molecular complexity index is 1800. The van der Waals surface area contributed by atoms with Crippen LogP contribution >= 0.6 is 23.2 Å². The van der Waals surface area contributed by atoms with E-state index in [0.717, 1.165) is 28.2 Å². The van der Waals surface area contributed by atoms with Crippen LogP contribution < -0.4 is 9.21 Å². The van der Waals surface area contributed by atoms with Crippen LogP contribution in [-0.4, -0.2) is 90.3 Å². The lowest BCUT2D eigenvalue weighted by Crippen LogP contribution is -2.42. The van der Waals surface area contributed by atoms with E-state index >= 15 is 0 Å². The Morgan fingerprint density at radius 3 is 2.45 bits per heavy atom. The molecule has 1 atom stereocenters. The molecule has 0 bridgehead atoms. The van der Waals surface area contributed by atoms with E-state index in [1.54, 1.807) is 30.0 Å². The van der Waals surface area contributed by atoms with Crippen molar-refractivity contribution < 1.29 is 27.5 Å². The van der Waals surface area contributed by atoms with Gasteiger partial charge in [0.25, 0.3) is 0 Å². The molecule has 47 heavy (non-hydrogen) atoms. The maximum absolute atomic E-state index is 13.8. The third kappa shape index (κ3) is 8.20. The van der Waals surface area contributed by atoms with Gasteiger partial charge in [-0.25, -0.2) is 13.2 Å². The van der Waals surface area contributed by atoms with Crippen molar-refractivity contribution >= 4 is 67.7 Å². The third-order valence-electron chi connectivity index (χ3n) is 7.62. The number of sulfonamides is 1. The molecule has 3 aromatic rings. The van der Waals surface area contributed by atoms with Gasteiger partial charge in [-0.15, -0.1) is 10.2 Å². The number of nitrogens with zero attached hydrogens (tertiary/aromatic N) is 6. The normalized spacial score (nSPS) is 17.5. The van der Waals surface area contributed by atoms with E-state index in [9.17, 15) is 18.0 Å². The number of hydrogen-bond donors (Lipinski definition) is 0. The summed E-state index contributed by atoms with van der Waals surface area (Å²) in [6.45, 7) is 9.25. The van der Waals surface area contributed by atoms with Crippen molar-refractivity contribution in [2.45, 2.75) is 51.4 Å². The Morgan fingerprint density at radius 1 is 1.02 bits per heavy atom. The third-order valence-corrected chi connectivity index (χ3v) is 10.1. The highest BCUT2D eigenvalue weighted by Crippen LogP contribution is 2.33. The van der Waals surface area contributed by atoms with Gasteiger partial charge >= 0.3 is 12.1 Å². The van der Waals surface area contributed by atoms with Crippen LogP contribution in [0.15, 0.2) is 64.8 Å². The first-order valence-corrected chi connectivity index (χ1v) is 17.6. The monoisotopic (exact) mass is 704 g/mol. The Balaban J connectivity index is 1.36. The predicted octanol–water partition coefficient (Wildman–Crippen LogP) is 5.58. The molecule has 0 radical (unpaired) electrons. The van der Waals surface area contributed by atoms with Gasteiger partial charge < -0.3 is 19.3 Å². The predicted molar refractivity (Wildman–Crippen MR) is 183 cm³/mol. The Kier molecular flexibility index (Phi) is 10.4. The van der Waals surface area contributed by atoms with E-state index in [-0.39, 0.29) is 24.2 Å². The molecule has 12 nitrogen and oxygen atoms in total. The van der Waals surface area contributed by atoms with Crippen molar-refractivity contribution in [3.8, 4) is 5.82 Å². The zero-order valence-electron chi connectivity index (χ0n) is 26.7. The standard InChI is InChI=1S/C32H38Cl2N6O6S/c1-5-45-30(41)21-40(47(43,44)26-19-23(33)18-24(34)20-26)25-7-8-27-22(17-25)11-14-39(27)29-10-9-28(35-36-29)37-12-6-13-38(16-15-37)31(42)46-32(2,3)4/h7-11,14,17-19,26H,5-6,12-13,15-16,20-21H2,1-4H3. The first kappa shape index (κ1) is 34.5. The molecule has 252 valence electrons. The van der Waals surface area contributed by atoms with E-state index in [1.165, 1.54) is 12.2 Å². The van der Waals surface area contributed by atoms with E-state index in [1.807, 2.05) is 49.7 Å². The topological polar surface area (TPSA) is 127 Å². The molecule has 1 saturated heterocycles. The molecular formula is C32H38Cl2N6O6S. The number of anilines is 2. The van der Waals surface area contributed by atoms with Crippen molar-refractivity contribution in [1.29, 1.82) is 0 Å². The fraction of sp³-hybridized carbons (Fsp3) is 0.438. The molecule has 1 fully saturated rings. The minimum atomic E-state index is -4.12. The number of carbonyl (C=O) groups excluding carboxylic acids is 2. The largest absolute Gasteiger partial charge is 0.465 e. The summed E-state index contributed by atoms with van der Waals surface area (Å²) in [6, 6.07) is 10.7. The average Bonchev–Trinajstić information content (AvgIpc) is 3.26. The van der Waals surface area contributed by atoms with Gasteiger partial charge in [0.15, 0.2) is 11.6 Å². The molecule has 0 spiro atoms. The van der Waals surface area contributed by atoms with Crippen LogP contribution in [0.1, 0.15) is 40.5 Å². The van der Waals surface area contributed by atoms with Gasteiger partial charge in [-0.2, -0.15) is 0 Å². The van der Waals surface area contributed by atoms with E-state index in [2.05, 4.69) is 15.1 Å². The highest BCUT2D eigenvalue weighted by Gasteiger charge is 2.35. The number of benzene rings is 1. The molecule has 2 aromatic heterocycles. The van der Waals surface area contributed by atoms with Gasteiger partial charge in [0.2, 0.25) is 10.0 Å². The summed E-state index contributed by atoms with van der Waals surface area (Å²) < 4.78 is 41.2. The lowest BCUT2D eigenvalue weighted by Gasteiger charge is -2.28. The fourth-order valence-corrected chi connectivity index (χ4v) is 7.97. The molecule has 2 aliphatic rings. The van der Waals surface area contributed by atoms with Gasteiger partial charge in [-0.1, -0.05) is 23.2 Å². The number of carbonyl (C=O) groups is 2. The first-order chi connectivity index (χ1) is 22.2. The summed E-state index contributed by atoms with van der Waals surface area (Å²) in [5, 5.41) is 9.14. The summed E-state index contributed by atoms with van der Waals surface area (Å²) in [5.41, 5.74) is 0.502.